The van der Waals surface area contributed by atoms with Crippen molar-refractivity contribution in [3.05, 3.63) is 23.8 Å². The van der Waals surface area contributed by atoms with E-state index in [4.69, 9.17) is 15.2 Å². The van der Waals surface area contributed by atoms with Gasteiger partial charge in [0.2, 0.25) is 0 Å². The van der Waals surface area contributed by atoms with Gasteiger partial charge in [-0.3, -0.25) is 0 Å². The lowest BCUT2D eigenvalue weighted by molar-refractivity contribution is 0.0523. The number of hydrogen-bond acceptors (Lipinski definition) is 4. The van der Waals surface area contributed by atoms with Gasteiger partial charge < -0.3 is 20.5 Å². The van der Waals surface area contributed by atoms with E-state index in [9.17, 15) is 4.79 Å². The van der Waals surface area contributed by atoms with E-state index in [1.54, 1.807) is 0 Å². The normalized spacial score (nSPS) is 10.6. The standard InChI is InChI=1S/C20H34N2O3.C2H6/c1-5-6-7-8-9-10-13-24-18-14-16(11-12-17(18)21)15-22-19(23)25-20(2,3)4;1-2/h11-12,14H,5-10,13,15,21H2,1-4H3,(H,22,23);1-2H3. The van der Waals surface area contributed by atoms with Crippen LogP contribution in [0.15, 0.2) is 18.2 Å². The van der Waals surface area contributed by atoms with Gasteiger partial charge in [-0.25, -0.2) is 4.79 Å². The molecule has 0 aliphatic rings. The molecule has 0 aliphatic heterocycles. The molecule has 0 aliphatic carbocycles. The van der Waals surface area contributed by atoms with E-state index < -0.39 is 11.7 Å². The van der Waals surface area contributed by atoms with Gasteiger partial charge in [-0.1, -0.05) is 58.9 Å². The fraction of sp³-hybridized carbons (Fsp3) is 0.682. The van der Waals surface area contributed by atoms with Crippen molar-refractivity contribution in [3.63, 3.8) is 0 Å². The summed E-state index contributed by atoms with van der Waals surface area (Å²) in [6.45, 7) is 12.8. The molecule has 27 heavy (non-hydrogen) atoms. The molecular weight excluding hydrogens is 340 g/mol. The van der Waals surface area contributed by atoms with E-state index in [-0.39, 0.29) is 0 Å². The van der Waals surface area contributed by atoms with Gasteiger partial charge in [0.1, 0.15) is 11.4 Å². The topological polar surface area (TPSA) is 73.6 Å². The zero-order valence-corrected chi connectivity index (χ0v) is 18.2. The van der Waals surface area contributed by atoms with Crippen LogP contribution in [-0.4, -0.2) is 18.3 Å². The molecule has 0 saturated carbocycles. The number of nitrogens with two attached hydrogens (primary N) is 1. The van der Waals surface area contributed by atoms with Crippen LogP contribution in [0.3, 0.4) is 0 Å². The van der Waals surface area contributed by atoms with Crippen LogP contribution in [0.5, 0.6) is 5.75 Å². The lowest BCUT2D eigenvalue weighted by Gasteiger charge is -2.19. The molecule has 0 heterocycles. The second-order valence-electron chi connectivity index (χ2n) is 7.34. The van der Waals surface area contributed by atoms with E-state index >= 15 is 0 Å². The van der Waals surface area contributed by atoms with Gasteiger partial charge in [-0.05, 0) is 44.9 Å². The van der Waals surface area contributed by atoms with Crippen LogP contribution in [0.25, 0.3) is 0 Å². The van der Waals surface area contributed by atoms with Crippen molar-refractivity contribution in [2.75, 3.05) is 12.3 Å². The highest BCUT2D eigenvalue weighted by atomic mass is 16.6. The van der Waals surface area contributed by atoms with Crippen LogP contribution in [0.1, 0.15) is 85.6 Å². The molecule has 1 amide bonds. The van der Waals surface area contributed by atoms with Crippen molar-refractivity contribution < 1.29 is 14.3 Å². The highest BCUT2D eigenvalue weighted by molar-refractivity contribution is 5.67. The van der Waals surface area contributed by atoms with Gasteiger partial charge in [0.15, 0.2) is 0 Å². The van der Waals surface area contributed by atoms with Crippen LogP contribution in [0.4, 0.5) is 10.5 Å². The van der Waals surface area contributed by atoms with Crippen molar-refractivity contribution in [2.45, 2.75) is 92.2 Å². The number of carbonyl (C=O) groups excluding carboxylic acids is 1. The first-order chi connectivity index (χ1) is 12.8. The summed E-state index contributed by atoms with van der Waals surface area (Å²) in [7, 11) is 0. The summed E-state index contributed by atoms with van der Waals surface area (Å²) in [5.74, 6) is 0.678. The average Bonchev–Trinajstić information content (AvgIpc) is 2.61. The summed E-state index contributed by atoms with van der Waals surface area (Å²) >= 11 is 0. The van der Waals surface area contributed by atoms with E-state index in [0.29, 0.717) is 24.6 Å². The predicted molar refractivity (Wildman–Crippen MR) is 114 cm³/mol. The van der Waals surface area contributed by atoms with Gasteiger partial charge in [0.05, 0.1) is 12.3 Å². The summed E-state index contributed by atoms with van der Waals surface area (Å²) in [6.07, 6.45) is 6.90. The summed E-state index contributed by atoms with van der Waals surface area (Å²) in [4.78, 5) is 11.7. The molecule has 3 N–H and O–H groups in total. The summed E-state index contributed by atoms with van der Waals surface area (Å²) in [5, 5.41) is 2.74. The molecule has 0 radical (unpaired) electrons. The molecule has 5 heteroatoms. The van der Waals surface area contributed by atoms with Gasteiger partial charge in [-0.2, -0.15) is 0 Å². The van der Waals surface area contributed by atoms with Crippen molar-refractivity contribution in [1.82, 2.24) is 5.32 Å². The lowest BCUT2D eigenvalue weighted by atomic mass is 10.1. The van der Waals surface area contributed by atoms with E-state index in [2.05, 4.69) is 12.2 Å². The molecule has 1 aromatic carbocycles. The Labute approximate surface area is 166 Å². The van der Waals surface area contributed by atoms with E-state index in [1.165, 1.54) is 32.1 Å². The number of anilines is 1. The molecule has 0 saturated heterocycles. The Balaban J connectivity index is 0.00000326. The number of carbonyl (C=O) groups is 1. The number of benzene rings is 1. The SMILES string of the molecule is CC.CCCCCCCCOc1cc(CNC(=O)OC(C)(C)C)ccc1N. The summed E-state index contributed by atoms with van der Waals surface area (Å²) < 4.78 is 11.0. The number of amides is 1. The molecule has 0 fully saturated rings. The minimum Gasteiger partial charge on any atom is -0.491 e. The molecule has 0 spiro atoms. The lowest BCUT2D eigenvalue weighted by Crippen LogP contribution is -2.32. The second-order valence-corrected chi connectivity index (χ2v) is 7.34. The smallest absolute Gasteiger partial charge is 0.407 e. The number of rotatable bonds is 10. The third-order valence-corrected chi connectivity index (χ3v) is 3.67. The van der Waals surface area contributed by atoms with Crippen molar-refractivity contribution >= 4 is 11.8 Å². The van der Waals surface area contributed by atoms with E-state index in [0.717, 1.165) is 12.0 Å². The average molecular weight is 381 g/mol. The Kier molecular flexibility index (Phi) is 13.2. The number of hydrogen-bond donors (Lipinski definition) is 2. The maximum Gasteiger partial charge on any atom is 0.407 e. The minimum absolute atomic E-state index is 0.378. The van der Waals surface area contributed by atoms with Crippen molar-refractivity contribution in [3.8, 4) is 5.75 Å². The van der Waals surface area contributed by atoms with Gasteiger partial charge in [0, 0.05) is 6.54 Å². The zero-order chi connectivity index (χ0) is 20.7. The Morgan fingerprint density at radius 2 is 1.70 bits per heavy atom. The molecule has 1 aromatic rings. The van der Waals surface area contributed by atoms with Crippen molar-refractivity contribution in [1.29, 1.82) is 0 Å². The number of ether oxygens (including phenoxy) is 2. The Morgan fingerprint density at radius 1 is 1.07 bits per heavy atom. The van der Waals surface area contributed by atoms with Gasteiger partial charge >= 0.3 is 6.09 Å². The van der Waals surface area contributed by atoms with Crippen LogP contribution >= 0.6 is 0 Å². The predicted octanol–water partition coefficient (Wildman–Crippen LogP) is 6.06. The summed E-state index contributed by atoms with van der Waals surface area (Å²) in [6, 6.07) is 5.57. The third kappa shape index (κ3) is 13.0. The largest absolute Gasteiger partial charge is 0.491 e. The first kappa shape index (κ1) is 25.1. The molecular formula is C22H40N2O3. The van der Waals surface area contributed by atoms with Crippen LogP contribution in [0.2, 0.25) is 0 Å². The summed E-state index contributed by atoms with van der Waals surface area (Å²) in [5.41, 5.74) is 7.02. The first-order valence-corrected chi connectivity index (χ1v) is 10.3. The molecule has 156 valence electrons. The number of unbranched alkanes of at least 4 members (excludes halogenated alkanes) is 5. The molecule has 0 bridgehead atoms. The molecule has 5 nitrogen and oxygen atoms in total. The Bertz CT molecular complexity index is 525. The highest BCUT2D eigenvalue weighted by Gasteiger charge is 2.15. The van der Waals surface area contributed by atoms with Gasteiger partial charge in [0.25, 0.3) is 0 Å². The maximum atomic E-state index is 11.7. The quantitative estimate of drug-likeness (QED) is 0.382. The fourth-order valence-corrected chi connectivity index (χ4v) is 2.37. The number of nitrogens with one attached hydrogen (secondary N) is 1. The highest BCUT2D eigenvalue weighted by Crippen LogP contribution is 2.23. The zero-order valence-electron chi connectivity index (χ0n) is 18.2. The van der Waals surface area contributed by atoms with Crippen molar-refractivity contribution in [2.24, 2.45) is 0 Å². The monoisotopic (exact) mass is 380 g/mol. The Hall–Kier alpha value is -1.91. The number of alkyl carbamates (subject to hydrolysis) is 1. The fourth-order valence-electron chi connectivity index (χ4n) is 2.37. The second kappa shape index (κ2) is 14.2. The molecule has 0 aromatic heterocycles. The number of nitrogen functional groups attached to an aromatic ring is 1. The molecule has 0 unspecified atom stereocenters. The van der Waals surface area contributed by atoms with Gasteiger partial charge in [-0.15, -0.1) is 0 Å². The third-order valence-electron chi connectivity index (χ3n) is 3.67. The van der Waals surface area contributed by atoms with E-state index in [1.807, 2.05) is 52.8 Å². The van der Waals surface area contributed by atoms with Crippen LogP contribution in [-0.2, 0) is 11.3 Å². The Morgan fingerprint density at radius 3 is 2.33 bits per heavy atom. The molecule has 1 rings (SSSR count). The van der Waals surface area contributed by atoms with Crippen LogP contribution < -0.4 is 15.8 Å². The maximum absolute atomic E-state index is 11.7. The van der Waals surface area contributed by atoms with Crippen LogP contribution in [0, 0.1) is 0 Å². The minimum atomic E-state index is -0.503. The first-order valence-electron chi connectivity index (χ1n) is 10.3. The molecule has 0 atom stereocenters.